The van der Waals surface area contributed by atoms with Crippen LogP contribution in [0.4, 0.5) is 4.39 Å². The van der Waals surface area contributed by atoms with Crippen molar-refractivity contribution >= 4 is 17.5 Å². The number of aryl methyl sites for hydroxylation is 1. The minimum Gasteiger partial charge on any atom is -0.351 e. The number of aromatic nitrogens is 1. The monoisotopic (exact) mass is 308 g/mol. The van der Waals surface area contributed by atoms with Crippen molar-refractivity contribution in [1.82, 2.24) is 10.1 Å². The lowest BCUT2D eigenvalue weighted by Crippen LogP contribution is -2.32. The number of hydrogen-bond donors (Lipinski definition) is 0. The van der Waals surface area contributed by atoms with Crippen LogP contribution in [0.1, 0.15) is 34.7 Å². The molecule has 1 fully saturated rings. The van der Waals surface area contributed by atoms with Crippen LogP contribution in [0.5, 0.6) is 0 Å². The standard InChI is InChI=1S/C15H14ClFN2O2/c1-9-7-14(21-18-9)15(20)19(10-5-6-10)8-11-12(16)3-2-4-13(11)17/h2-4,7,10H,5-6,8H2,1H3. The summed E-state index contributed by atoms with van der Waals surface area (Å²) >= 11 is 6.04. The van der Waals surface area contributed by atoms with Gasteiger partial charge in [0.2, 0.25) is 5.76 Å². The van der Waals surface area contributed by atoms with Crippen molar-refractivity contribution in [3.8, 4) is 0 Å². The van der Waals surface area contributed by atoms with Crippen LogP contribution in [0.3, 0.4) is 0 Å². The summed E-state index contributed by atoms with van der Waals surface area (Å²) in [5.41, 5.74) is 0.966. The topological polar surface area (TPSA) is 46.3 Å². The highest BCUT2D eigenvalue weighted by Gasteiger charge is 2.35. The van der Waals surface area contributed by atoms with Gasteiger partial charge >= 0.3 is 0 Å². The number of amides is 1. The Morgan fingerprint density at radius 3 is 2.86 bits per heavy atom. The highest BCUT2D eigenvalue weighted by atomic mass is 35.5. The first-order valence-corrected chi connectivity index (χ1v) is 7.11. The zero-order chi connectivity index (χ0) is 15.0. The second-order valence-corrected chi connectivity index (χ2v) is 5.60. The van der Waals surface area contributed by atoms with E-state index in [-0.39, 0.29) is 24.3 Å². The summed E-state index contributed by atoms with van der Waals surface area (Å²) < 4.78 is 18.9. The van der Waals surface area contributed by atoms with Crippen LogP contribution in [0, 0.1) is 12.7 Å². The molecule has 1 heterocycles. The zero-order valence-electron chi connectivity index (χ0n) is 11.5. The molecule has 0 N–H and O–H groups in total. The fourth-order valence-corrected chi connectivity index (χ4v) is 2.44. The van der Waals surface area contributed by atoms with E-state index in [2.05, 4.69) is 5.16 Å². The Morgan fingerprint density at radius 2 is 2.29 bits per heavy atom. The van der Waals surface area contributed by atoms with E-state index in [9.17, 15) is 9.18 Å². The van der Waals surface area contributed by atoms with Gasteiger partial charge in [-0.3, -0.25) is 4.79 Å². The van der Waals surface area contributed by atoms with E-state index in [1.165, 1.54) is 6.07 Å². The van der Waals surface area contributed by atoms with Gasteiger partial charge in [0, 0.05) is 22.7 Å². The van der Waals surface area contributed by atoms with E-state index in [0.717, 1.165) is 12.8 Å². The molecule has 1 aliphatic rings. The van der Waals surface area contributed by atoms with E-state index in [1.54, 1.807) is 30.0 Å². The molecule has 4 nitrogen and oxygen atoms in total. The molecular weight excluding hydrogens is 295 g/mol. The SMILES string of the molecule is Cc1cc(C(=O)N(Cc2c(F)cccc2Cl)C2CC2)on1. The highest BCUT2D eigenvalue weighted by Crippen LogP contribution is 2.32. The molecule has 21 heavy (non-hydrogen) atoms. The van der Waals surface area contributed by atoms with Gasteiger partial charge in [0.1, 0.15) is 5.82 Å². The first-order valence-electron chi connectivity index (χ1n) is 6.73. The van der Waals surface area contributed by atoms with Crippen molar-refractivity contribution in [2.75, 3.05) is 0 Å². The smallest absolute Gasteiger partial charge is 0.293 e. The number of hydrogen-bond acceptors (Lipinski definition) is 3. The minimum absolute atomic E-state index is 0.110. The summed E-state index contributed by atoms with van der Waals surface area (Å²) in [7, 11) is 0. The van der Waals surface area contributed by atoms with Crippen LogP contribution >= 0.6 is 11.6 Å². The van der Waals surface area contributed by atoms with Crippen LogP contribution in [-0.2, 0) is 6.54 Å². The fraction of sp³-hybridized carbons (Fsp3) is 0.333. The van der Waals surface area contributed by atoms with Gasteiger partial charge in [-0.1, -0.05) is 22.8 Å². The Labute approximate surface area is 126 Å². The molecule has 0 aliphatic heterocycles. The highest BCUT2D eigenvalue weighted by molar-refractivity contribution is 6.31. The van der Waals surface area contributed by atoms with E-state index >= 15 is 0 Å². The van der Waals surface area contributed by atoms with Crippen LogP contribution in [0.2, 0.25) is 5.02 Å². The number of nitrogens with zero attached hydrogens (tertiary/aromatic N) is 2. The fourth-order valence-electron chi connectivity index (χ4n) is 2.21. The molecule has 0 atom stereocenters. The number of carbonyl (C=O) groups excluding carboxylic acids is 1. The first-order chi connectivity index (χ1) is 10.1. The molecule has 1 aliphatic carbocycles. The number of rotatable bonds is 4. The van der Waals surface area contributed by atoms with Gasteiger partial charge in [-0.05, 0) is 31.9 Å². The number of benzene rings is 1. The Morgan fingerprint density at radius 1 is 1.52 bits per heavy atom. The zero-order valence-corrected chi connectivity index (χ0v) is 12.2. The Hall–Kier alpha value is -1.88. The predicted molar refractivity (Wildman–Crippen MR) is 75.5 cm³/mol. The maximum absolute atomic E-state index is 13.9. The van der Waals surface area contributed by atoms with E-state index < -0.39 is 5.82 Å². The van der Waals surface area contributed by atoms with Crippen molar-refractivity contribution < 1.29 is 13.7 Å². The average Bonchev–Trinajstić information content (AvgIpc) is 3.19. The Bertz CT molecular complexity index is 662. The summed E-state index contributed by atoms with van der Waals surface area (Å²) in [5, 5.41) is 4.04. The van der Waals surface area contributed by atoms with Crippen LogP contribution < -0.4 is 0 Å². The van der Waals surface area contributed by atoms with Crippen molar-refractivity contribution in [1.29, 1.82) is 0 Å². The van der Waals surface area contributed by atoms with Gasteiger partial charge in [0.05, 0.1) is 12.2 Å². The summed E-state index contributed by atoms with van der Waals surface area (Å²) in [5.74, 6) is -0.515. The number of halogens is 2. The lowest BCUT2D eigenvalue weighted by Gasteiger charge is -2.22. The molecule has 0 unspecified atom stereocenters. The maximum Gasteiger partial charge on any atom is 0.293 e. The summed E-state index contributed by atoms with van der Waals surface area (Å²) in [6.07, 6.45) is 1.82. The molecule has 1 aromatic heterocycles. The van der Waals surface area contributed by atoms with Crippen molar-refractivity contribution in [2.24, 2.45) is 0 Å². The lowest BCUT2D eigenvalue weighted by atomic mass is 10.2. The predicted octanol–water partition coefficient (Wildman–Crippen LogP) is 3.58. The molecule has 0 bridgehead atoms. The molecule has 2 aromatic rings. The molecule has 6 heteroatoms. The van der Waals surface area contributed by atoms with E-state index in [0.29, 0.717) is 16.3 Å². The second-order valence-electron chi connectivity index (χ2n) is 5.20. The molecule has 1 aromatic carbocycles. The van der Waals surface area contributed by atoms with Gasteiger partial charge < -0.3 is 9.42 Å². The molecule has 1 amide bonds. The maximum atomic E-state index is 13.9. The minimum atomic E-state index is -0.408. The van der Waals surface area contributed by atoms with Crippen LogP contribution in [0.15, 0.2) is 28.8 Å². The molecule has 3 rings (SSSR count). The summed E-state index contributed by atoms with van der Waals surface area (Å²) in [4.78, 5) is 14.1. The lowest BCUT2D eigenvalue weighted by molar-refractivity contribution is 0.0686. The van der Waals surface area contributed by atoms with Gasteiger partial charge in [-0.2, -0.15) is 0 Å². The van der Waals surface area contributed by atoms with Crippen LogP contribution in [0.25, 0.3) is 0 Å². The summed E-state index contributed by atoms with van der Waals surface area (Å²) in [6.45, 7) is 1.88. The van der Waals surface area contributed by atoms with E-state index in [4.69, 9.17) is 16.1 Å². The molecule has 1 saturated carbocycles. The Kier molecular flexibility index (Phi) is 3.68. The van der Waals surface area contributed by atoms with Gasteiger partial charge in [-0.25, -0.2) is 4.39 Å². The van der Waals surface area contributed by atoms with E-state index in [1.807, 2.05) is 0 Å². The van der Waals surface area contributed by atoms with Crippen molar-refractivity contribution in [3.05, 3.63) is 52.1 Å². The molecule has 0 radical (unpaired) electrons. The second kappa shape index (κ2) is 5.48. The third kappa shape index (κ3) is 2.93. The molecule has 0 spiro atoms. The molecular formula is C15H14ClFN2O2. The largest absolute Gasteiger partial charge is 0.351 e. The quantitative estimate of drug-likeness (QED) is 0.867. The van der Waals surface area contributed by atoms with Gasteiger partial charge in [0.25, 0.3) is 5.91 Å². The average molecular weight is 309 g/mol. The third-order valence-electron chi connectivity index (χ3n) is 3.48. The van der Waals surface area contributed by atoms with Gasteiger partial charge in [0.15, 0.2) is 0 Å². The van der Waals surface area contributed by atoms with Crippen molar-refractivity contribution in [2.45, 2.75) is 32.4 Å². The number of carbonyl (C=O) groups is 1. The van der Waals surface area contributed by atoms with Gasteiger partial charge in [-0.15, -0.1) is 0 Å². The van der Waals surface area contributed by atoms with Crippen molar-refractivity contribution in [3.63, 3.8) is 0 Å². The third-order valence-corrected chi connectivity index (χ3v) is 3.83. The molecule has 0 saturated heterocycles. The summed E-state index contributed by atoms with van der Waals surface area (Å²) in [6, 6.07) is 6.20. The normalized spacial score (nSPS) is 14.2. The molecule has 110 valence electrons. The van der Waals surface area contributed by atoms with Crippen LogP contribution in [-0.4, -0.2) is 22.0 Å². The Balaban J connectivity index is 1.87. The first kappa shape index (κ1) is 14.1.